The van der Waals surface area contributed by atoms with Gasteiger partial charge in [0.15, 0.2) is 14.1 Å². The van der Waals surface area contributed by atoms with Gasteiger partial charge in [0.25, 0.3) is 0 Å². The van der Waals surface area contributed by atoms with Gasteiger partial charge in [0.05, 0.1) is 28.6 Å². The topological polar surface area (TPSA) is 101 Å². The highest BCUT2D eigenvalue weighted by atomic mass is 32.2. The van der Waals surface area contributed by atoms with E-state index in [1.54, 1.807) is 24.3 Å². The molecule has 40 heavy (non-hydrogen) atoms. The summed E-state index contributed by atoms with van der Waals surface area (Å²) in [7, 11) is -3.87. The standard InChI is InChI=1S/C30H37NO6S2Si/c1-7-23(37-40(5,6)30(2,3)4)25-27(33)31(28(25)38-20-13-9-8-10-14-20)26(29(34)35)19-17-22(32)21-15-11-12-16-24(21)39(36)18-19/h8-16,23,25,28H,7,17-18H2,1-6H3,(H,34,35). The Labute approximate surface area is 244 Å². The van der Waals surface area contributed by atoms with Crippen LogP contribution in [-0.2, 0) is 24.8 Å². The van der Waals surface area contributed by atoms with Crippen molar-refractivity contribution in [2.75, 3.05) is 5.75 Å². The second-order valence-electron chi connectivity index (χ2n) is 11.7. The molecule has 214 valence electrons. The number of Topliss-reactive ketones (excluding diaryl/α,β-unsaturated/α-hetero) is 1. The molecule has 1 N–H and O–H groups in total. The molecule has 0 spiro atoms. The summed E-state index contributed by atoms with van der Waals surface area (Å²) in [5, 5.41) is 9.80. The number of hydrogen-bond acceptors (Lipinski definition) is 6. The van der Waals surface area contributed by atoms with E-state index in [0.29, 0.717) is 16.9 Å². The van der Waals surface area contributed by atoms with Gasteiger partial charge in [-0.3, -0.25) is 18.7 Å². The molecule has 0 aromatic heterocycles. The van der Waals surface area contributed by atoms with Gasteiger partial charge in [-0.05, 0) is 48.3 Å². The molecule has 4 unspecified atom stereocenters. The summed E-state index contributed by atoms with van der Waals surface area (Å²) in [6.45, 7) is 12.7. The van der Waals surface area contributed by atoms with E-state index in [9.17, 15) is 23.7 Å². The van der Waals surface area contributed by atoms with Crippen molar-refractivity contribution >= 4 is 48.5 Å². The Hall–Kier alpha value is -2.53. The summed E-state index contributed by atoms with van der Waals surface area (Å²) in [4.78, 5) is 42.5. The zero-order valence-corrected chi connectivity index (χ0v) is 26.4. The summed E-state index contributed by atoms with van der Waals surface area (Å²) in [5.74, 6) is -2.65. The van der Waals surface area contributed by atoms with Gasteiger partial charge >= 0.3 is 5.97 Å². The number of carboxylic acid groups (broad SMARTS) is 1. The van der Waals surface area contributed by atoms with Crippen molar-refractivity contribution in [3.63, 3.8) is 0 Å². The highest BCUT2D eigenvalue weighted by Gasteiger charge is 2.56. The lowest BCUT2D eigenvalue weighted by molar-refractivity contribution is -0.157. The molecule has 10 heteroatoms. The zero-order valence-electron chi connectivity index (χ0n) is 23.8. The second-order valence-corrected chi connectivity index (χ2v) is 19.1. The minimum atomic E-state index is -2.24. The second kappa shape index (κ2) is 11.8. The highest BCUT2D eigenvalue weighted by molar-refractivity contribution is 8.00. The van der Waals surface area contributed by atoms with Crippen molar-refractivity contribution in [1.82, 2.24) is 4.90 Å². The fourth-order valence-electron chi connectivity index (χ4n) is 4.85. The van der Waals surface area contributed by atoms with Crippen molar-refractivity contribution in [2.45, 2.75) is 79.9 Å². The summed E-state index contributed by atoms with van der Waals surface area (Å²) in [6.07, 6.45) is -0.00132. The van der Waals surface area contributed by atoms with Gasteiger partial charge in [-0.1, -0.05) is 75.9 Å². The van der Waals surface area contributed by atoms with Crippen LogP contribution >= 0.6 is 11.8 Å². The third kappa shape index (κ3) is 5.91. The van der Waals surface area contributed by atoms with E-state index in [-0.39, 0.29) is 46.3 Å². The number of amides is 1. The minimum absolute atomic E-state index is 0.0665. The average molecular weight is 600 g/mol. The lowest BCUT2D eigenvalue weighted by atomic mass is 9.88. The first-order valence-electron chi connectivity index (χ1n) is 13.4. The Bertz CT molecular complexity index is 1330. The predicted molar refractivity (Wildman–Crippen MR) is 160 cm³/mol. The maximum absolute atomic E-state index is 13.9. The number of nitrogens with zero attached hydrogens (tertiary/aromatic N) is 1. The van der Waals surface area contributed by atoms with E-state index in [1.165, 1.54) is 16.7 Å². The molecule has 2 aromatic carbocycles. The van der Waals surface area contributed by atoms with Gasteiger partial charge in [0, 0.05) is 21.8 Å². The van der Waals surface area contributed by atoms with Crippen LogP contribution in [0.1, 0.15) is 50.9 Å². The maximum atomic E-state index is 13.9. The Morgan fingerprint density at radius 2 is 1.75 bits per heavy atom. The number of aliphatic carboxylic acids is 1. The normalized spacial score (nSPS) is 23.6. The third-order valence-corrected chi connectivity index (χ3v) is 15.3. The van der Waals surface area contributed by atoms with Crippen LogP contribution in [0.15, 0.2) is 75.7 Å². The fourth-order valence-corrected chi connectivity index (χ4v) is 8.98. The SMILES string of the molecule is CCC(O[Si](C)(C)C(C)(C)C)C1C(=O)N(C(C(=O)O)=C2CC(=O)c3ccccc3S(=O)C2)C1Sc1ccccc1. The molecule has 1 amide bonds. The van der Waals surface area contributed by atoms with Crippen LogP contribution in [0.4, 0.5) is 0 Å². The Balaban J connectivity index is 1.77. The molecule has 4 rings (SSSR count). The summed E-state index contributed by atoms with van der Waals surface area (Å²) < 4.78 is 20.0. The maximum Gasteiger partial charge on any atom is 0.352 e. The molecule has 1 fully saturated rings. The average Bonchev–Trinajstić information content (AvgIpc) is 3.01. The van der Waals surface area contributed by atoms with Crippen molar-refractivity contribution in [2.24, 2.45) is 5.92 Å². The monoisotopic (exact) mass is 599 g/mol. The number of carbonyl (C=O) groups excluding carboxylic acids is 2. The molecular formula is C30H37NO6S2Si. The molecule has 0 radical (unpaired) electrons. The van der Waals surface area contributed by atoms with Crippen LogP contribution < -0.4 is 0 Å². The quantitative estimate of drug-likeness (QED) is 0.222. The van der Waals surface area contributed by atoms with E-state index in [4.69, 9.17) is 4.43 Å². The molecule has 2 aliphatic rings. The van der Waals surface area contributed by atoms with Gasteiger partial charge in [-0.15, -0.1) is 0 Å². The van der Waals surface area contributed by atoms with Crippen LogP contribution in [0.2, 0.25) is 18.1 Å². The van der Waals surface area contributed by atoms with Crippen LogP contribution in [0, 0.1) is 5.92 Å². The molecule has 2 aromatic rings. The summed E-state index contributed by atoms with van der Waals surface area (Å²) >= 11 is 1.41. The smallest absolute Gasteiger partial charge is 0.352 e. The van der Waals surface area contributed by atoms with Gasteiger partial charge in [-0.2, -0.15) is 0 Å². The molecule has 0 bridgehead atoms. The number of thioether (sulfide) groups is 1. The molecule has 0 saturated carbocycles. The van der Waals surface area contributed by atoms with Crippen LogP contribution in [-0.4, -0.2) is 57.4 Å². The number of hydrogen-bond donors (Lipinski definition) is 1. The van der Waals surface area contributed by atoms with E-state index in [1.807, 2.05) is 37.3 Å². The first kappa shape index (κ1) is 30.4. The molecule has 1 saturated heterocycles. The first-order valence-corrected chi connectivity index (χ1v) is 18.6. The minimum Gasteiger partial charge on any atom is -0.477 e. The number of β-lactam (4-membered cyclic amide) rings is 1. The fraction of sp³-hybridized carbons (Fsp3) is 0.433. The molecule has 2 heterocycles. The predicted octanol–water partition coefficient (Wildman–Crippen LogP) is 6.10. The van der Waals surface area contributed by atoms with Crippen LogP contribution in [0.5, 0.6) is 0 Å². The van der Waals surface area contributed by atoms with E-state index >= 15 is 0 Å². The number of likely N-dealkylation sites (tertiary alicyclic amines) is 1. The Kier molecular flexibility index (Phi) is 8.94. The lowest BCUT2D eigenvalue weighted by Gasteiger charge is -2.51. The van der Waals surface area contributed by atoms with Gasteiger partial charge in [0.1, 0.15) is 11.1 Å². The number of carboxylic acids is 1. The van der Waals surface area contributed by atoms with Gasteiger partial charge in [-0.25, -0.2) is 4.79 Å². The molecular weight excluding hydrogens is 563 g/mol. The number of fused-ring (bicyclic) bond motifs is 1. The van der Waals surface area contributed by atoms with Crippen molar-refractivity contribution in [1.29, 1.82) is 0 Å². The first-order chi connectivity index (χ1) is 18.8. The van der Waals surface area contributed by atoms with E-state index < -0.39 is 36.4 Å². The molecule has 0 aliphatic carbocycles. The Morgan fingerprint density at radius 3 is 2.35 bits per heavy atom. The van der Waals surface area contributed by atoms with Crippen LogP contribution in [0.3, 0.4) is 0 Å². The van der Waals surface area contributed by atoms with Crippen LogP contribution in [0.25, 0.3) is 0 Å². The molecule has 7 nitrogen and oxygen atoms in total. The van der Waals surface area contributed by atoms with Gasteiger partial charge in [0.2, 0.25) is 5.91 Å². The van der Waals surface area contributed by atoms with Crippen molar-refractivity contribution in [3.8, 4) is 0 Å². The van der Waals surface area contributed by atoms with E-state index in [0.717, 1.165) is 4.90 Å². The summed E-state index contributed by atoms with van der Waals surface area (Å²) in [5.41, 5.74) is 0.291. The lowest BCUT2D eigenvalue weighted by Crippen LogP contribution is -2.65. The number of rotatable bonds is 8. The van der Waals surface area contributed by atoms with Crippen molar-refractivity contribution < 1.29 is 28.1 Å². The Morgan fingerprint density at radius 1 is 1.12 bits per heavy atom. The molecule has 4 atom stereocenters. The highest BCUT2D eigenvalue weighted by Crippen LogP contribution is 2.48. The third-order valence-electron chi connectivity index (χ3n) is 8.03. The van der Waals surface area contributed by atoms with Crippen molar-refractivity contribution in [3.05, 3.63) is 71.4 Å². The number of benzene rings is 2. The zero-order chi connectivity index (χ0) is 29.4. The number of ketones is 1. The number of carbonyl (C=O) groups is 3. The van der Waals surface area contributed by atoms with E-state index in [2.05, 4.69) is 33.9 Å². The largest absolute Gasteiger partial charge is 0.477 e. The van der Waals surface area contributed by atoms with Gasteiger partial charge < -0.3 is 9.53 Å². The summed E-state index contributed by atoms with van der Waals surface area (Å²) in [6, 6.07) is 16.2. The molecule has 2 aliphatic heterocycles.